The second-order valence-corrected chi connectivity index (χ2v) is 9.52. The molecule has 1 aromatic carbocycles. The van der Waals surface area contributed by atoms with E-state index in [1.54, 1.807) is 35.2 Å². The van der Waals surface area contributed by atoms with Crippen LogP contribution in [0.3, 0.4) is 0 Å². The number of alkyl halides is 3. The van der Waals surface area contributed by atoms with E-state index >= 15 is 0 Å². The Morgan fingerprint density at radius 2 is 1.85 bits per heavy atom. The van der Waals surface area contributed by atoms with Crippen molar-refractivity contribution in [3.63, 3.8) is 0 Å². The first kappa shape index (κ1) is 28.9. The molecule has 3 rings (SSSR count). The summed E-state index contributed by atoms with van der Waals surface area (Å²) in [7, 11) is -3.25. The third kappa shape index (κ3) is 8.16. The second kappa shape index (κ2) is 12.3. The molecule has 2 aromatic rings. The Bertz CT molecular complexity index is 1420. The van der Waals surface area contributed by atoms with Crippen LogP contribution in [0.1, 0.15) is 10.4 Å². The molecule has 0 unspecified atom stereocenters. The number of methoxy groups -OCH3 is 1. The van der Waals surface area contributed by atoms with Gasteiger partial charge in [-0.3, -0.25) is 25.2 Å². The van der Waals surface area contributed by atoms with Gasteiger partial charge in [-0.05, 0) is 24.3 Å². The highest BCUT2D eigenvalue weighted by molar-refractivity contribution is 7.96. The van der Waals surface area contributed by atoms with Crippen LogP contribution in [0.4, 0.5) is 24.7 Å². The molecule has 1 aliphatic rings. The summed E-state index contributed by atoms with van der Waals surface area (Å²) in [6.45, 7) is 0.259. The molecule has 1 aromatic heterocycles. The van der Waals surface area contributed by atoms with Crippen molar-refractivity contribution < 1.29 is 40.7 Å². The number of rotatable bonds is 10. The number of halogens is 3. The zero-order valence-corrected chi connectivity index (χ0v) is 21.0. The van der Waals surface area contributed by atoms with E-state index in [1.807, 2.05) is 5.43 Å². The third-order valence-electron chi connectivity index (χ3n) is 5.04. The maximum Gasteiger partial charge on any atom is 0.423 e. The molecule has 15 heteroatoms. The predicted octanol–water partition coefficient (Wildman–Crippen LogP) is 2.52. The molecule has 1 aliphatic heterocycles. The van der Waals surface area contributed by atoms with Gasteiger partial charge in [0.1, 0.15) is 11.4 Å². The van der Waals surface area contributed by atoms with Crippen molar-refractivity contribution in [3.05, 3.63) is 89.1 Å². The Hall–Kier alpha value is -4.66. The number of benzene rings is 1. The number of pyridine rings is 1. The third-order valence-corrected chi connectivity index (χ3v) is 6.47. The maximum absolute atomic E-state index is 12.9. The van der Waals surface area contributed by atoms with E-state index in [0.29, 0.717) is 5.56 Å². The van der Waals surface area contributed by atoms with Crippen molar-refractivity contribution in [1.82, 2.24) is 15.3 Å². The van der Waals surface area contributed by atoms with Crippen LogP contribution < -0.4 is 15.6 Å². The Balaban J connectivity index is 1.55. The van der Waals surface area contributed by atoms with Crippen LogP contribution in [0.2, 0.25) is 0 Å². The van der Waals surface area contributed by atoms with E-state index in [9.17, 15) is 36.0 Å². The van der Waals surface area contributed by atoms with Crippen molar-refractivity contribution in [2.75, 3.05) is 30.3 Å². The Labute approximate surface area is 221 Å². The largest absolute Gasteiger partial charge is 0.465 e. The summed E-state index contributed by atoms with van der Waals surface area (Å²) in [6, 6.07) is 11.2. The van der Waals surface area contributed by atoms with Crippen molar-refractivity contribution >= 4 is 39.2 Å². The fourth-order valence-corrected chi connectivity index (χ4v) is 4.22. The number of sulfonamides is 1. The van der Waals surface area contributed by atoms with E-state index in [1.165, 1.54) is 30.5 Å². The van der Waals surface area contributed by atoms with Crippen LogP contribution in [0.25, 0.3) is 0 Å². The quantitative estimate of drug-likeness (QED) is 0.171. The summed E-state index contributed by atoms with van der Waals surface area (Å²) in [5.41, 5.74) is 2.94. The first-order valence-corrected chi connectivity index (χ1v) is 12.5. The molecule has 0 aliphatic carbocycles. The molecule has 2 heterocycles. The average Bonchev–Trinajstić information content (AvgIpc) is 2.91. The first-order valence-electron chi connectivity index (χ1n) is 11.0. The highest BCUT2D eigenvalue weighted by Gasteiger charge is 2.40. The number of nitrogens with zero attached hydrogens (tertiary/aromatic N) is 2. The summed E-state index contributed by atoms with van der Waals surface area (Å²) >= 11 is 0. The van der Waals surface area contributed by atoms with Gasteiger partial charge in [-0.2, -0.15) is 13.2 Å². The minimum absolute atomic E-state index is 0.0193. The molecule has 3 N–H and O–H groups in total. The minimum Gasteiger partial charge on any atom is -0.465 e. The Morgan fingerprint density at radius 3 is 2.41 bits per heavy atom. The van der Waals surface area contributed by atoms with Crippen LogP contribution in [0.5, 0.6) is 0 Å². The number of amides is 1. The number of carbonyl (C=O) groups excluding carboxylic acids is 3. The Morgan fingerprint density at radius 1 is 1.13 bits per heavy atom. The van der Waals surface area contributed by atoms with Crippen LogP contribution in [0.15, 0.2) is 83.6 Å². The van der Waals surface area contributed by atoms with Gasteiger partial charge in [-0.1, -0.05) is 30.3 Å². The number of hydrogen-bond donors (Lipinski definition) is 3. The molecule has 39 heavy (non-hydrogen) atoms. The second-order valence-electron chi connectivity index (χ2n) is 7.84. The molecule has 0 spiro atoms. The van der Waals surface area contributed by atoms with E-state index < -0.39 is 33.6 Å². The van der Waals surface area contributed by atoms with Gasteiger partial charge in [0.15, 0.2) is 5.78 Å². The van der Waals surface area contributed by atoms with Crippen LogP contribution in [0, 0.1) is 0 Å². The van der Waals surface area contributed by atoms with E-state index in [2.05, 4.69) is 19.9 Å². The number of allylic oxidation sites excluding steroid dienone is 1. The van der Waals surface area contributed by atoms with E-state index in [0.717, 1.165) is 13.3 Å². The molecular weight excluding hydrogens is 543 g/mol. The number of esters is 1. The number of anilines is 2. The number of hydrogen-bond acceptors (Lipinski definition) is 9. The van der Waals surface area contributed by atoms with Gasteiger partial charge in [0.05, 0.1) is 30.4 Å². The molecule has 0 saturated carbocycles. The van der Waals surface area contributed by atoms with E-state index in [4.69, 9.17) is 0 Å². The lowest BCUT2D eigenvalue weighted by Crippen LogP contribution is -2.31. The maximum atomic E-state index is 12.9. The zero-order chi connectivity index (χ0) is 28.6. The van der Waals surface area contributed by atoms with Gasteiger partial charge in [-0.15, -0.1) is 0 Å². The average molecular weight is 566 g/mol. The number of Topliss-reactive ketones (excluding diaryl/α,β-unsaturated/α-hetero) is 1. The van der Waals surface area contributed by atoms with Crippen LogP contribution in [-0.2, 0) is 24.3 Å². The van der Waals surface area contributed by atoms with Gasteiger partial charge in [0.2, 0.25) is 0 Å². The van der Waals surface area contributed by atoms with Gasteiger partial charge in [0, 0.05) is 24.4 Å². The normalized spacial score (nSPS) is 13.8. The summed E-state index contributed by atoms with van der Waals surface area (Å²) < 4.78 is 70.4. The summed E-state index contributed by atoms with van der Waals surface area (Å²) in [5, 5.41) is 0. The fraction of sp³-hybridized carbons (Fsp3) is 0.167. The zero-order valence-electron chi connectivity index (χ0n) is 20.2. The Kier molecular flexibility index (Phi) is 9.08. The summed E-state index contributed by atoms with van der Waals surface area (Å²) in [6.07, 6.45) is 0.307. The first-order chi connectivity index (χ1) is 18.4. The summed E-state index contributed by atoms with van der Waals surface area (Å²) in [5.74, 6) is -3.20. The van der Waals surface area contributed by atoms with Gasteiger partial charge < -0.3 is 9.64 Å². The number of nitrogens with one attached hydrogen (secondary N) is 3. The molecule has 1 amide bonds. The SMILES string of the molecule is COC(=O)C(=CC(=O)NNc1ccc(NS(=O)(=O)C2=CCN(CC(=O)c3ccccc3)C=C2)cn1)C(F)(F)F. The fourth-order valence-electron chi connectivity index (χ4n) is 3.13. The van der Waals surface area contributed by atoms with Crippen molar-refractivity contribution in [2.45, 2.75) is 6.18 Å². The number of aromatic nitrogens is 1. The number of carbonyl (C=O) groups is 3. The van der Waals surface area contributed by atoms with E-state index in [-0.39, 0.29) is 41.4 Å². The predicted molar refractivity (Wildman–Crippen MR) is 134 cm³/mol. The number of ether oxygens (including phenoxy) is 1. The highest BCUT2D eigenvalue weighted by atomic mass is 32.2. The standard InChI is InChI=1S/C24H22F3N5O6S/c1-38-23(35)19(24(25,26)27)13-22(34)30-29-21-8-7-17(14-28-21)31-39(36,37)18-9-11-32(12-10-18)15-20(33)16-5-3-2-4-6-16/h2-11,13-14,31H,12,15H2,1H3,(H,28,29)(H,30,34). The monoisotopic (exact) mass is 565 g/mol. The van der Waals surface area contributed by atoms with Gasteiger partial charge in [0.25, 0.3) is 15.9 Å². The summed E-state index contributed by atoms with van der Waals surface area (Å²) in [4.78, 5) is 40.8. The lowest BCUT2D eigenvalue weighted by atomic mass is 10.1. The van der Waals surface area contributed by atoms with Crippen molar-refractivity contribution in [2.24, 2.45) is 0 Å². The molecule has 0 radical (unpaired) electrons. The van der Waals surface area contributed by atoms with Gasteiger partial charge >= 0.3 is 12.1 Å². The van der Waals surface area contributed by atoms with Crippen molar-refractivity contribution in [3.8, 4) is 0 Å². The topological polar surface area (TPSA) is 147 Å². The molecule has 0 saturated heterocycles. The lowest BCUT2D eigenvalue weighted by Gasteiger charge is -2.22. The smallest absolute Gasteiger partial charge is 0.423 e. The van der Waals surface area contributed by atoms with Crippen molar-refractivity contribution in [1.29, 1.82) is 0 Å². The molecule has 11 nitrogen and oxygen atoms in total. The molecule has 0 atom stereocenters. The molecule has 0 bridgehead atoms. The lowest BCUT2D eigenvalue weighted by molar-refractivity contribution is -0.148. The molecular formula is C24H22F3N5O6S. The van der Waals surface area contributed by atoms with Gasteiger partial charge in [-0.25, -0.2) is 18.2 Å². The molecule has 0 fully saturated rings. The minimum atomic E-state index is -5.11. The highest BCUT2D eigenvalue weighted by Crippen LogP contribution is 2.26. The number of hydrazine groups is 1. The number of ketones is 1. The van der Waals surface area contributed by atoms with Crippen LogP contribution in [-0.4, -0.2) is 62.3 Å². The molecule has 206 valence electrons. The van der Waals surface area contributed by atoms with Crippen LogP contribution >= 0.6 is 0 Å².